The molecule has 0 aromatic heterocycles. The van der Waals surface area contributed by atoms with Crippen LogP contribution in [0.1, 0.15) is 6.92 Å². The van der Waals surface area contributed by atoms with Crippen molar-refractivity contribution in [2.45, 2.75) is 31.0 Å². The molecule has 11 heavy (non-hydrogen) atoms. The highest BCUT2D eigenvalue weighted by Crippen LogP contribution is 2.29. The van der Waals surface area contributed by atoms with Crippen molar-refractivity contribution in [2.24, 2.45) is 0 Å². The summed E-state index contributed by atoms with van der Waals surface area (Å²) in [5.74, 6) is 0. The second kappa shape index (κ2) is 2.69. The van der Waals surface area contributed by atoms with Gasteiger partial charge in [-0.25, -0.2) is 0 Å². The summed E-state index contributed by atoms with van der Waals surface area (Å²) in [4.78, 5) is 0. The molecule has 0 spiro atoms. The minimum atomic E-state index is -1.74. The lowest BCUT2D eigenvalue weighted by Gasteiger charge is -2.25. The van der Waals surface area contributed by atoms with E-state index in [1.54, 1.807) is 0 Å². The first-order valence-electron chi connectivity index (χ1n) is 3.37. The summed E-state index contributed by atoms with van der Waals surface area (Å²) in [6, 6.07) is 0. The molecule has 4 N–H and O–H groups in total. The molecule has 0 aromatic carbocycles. The van der Waals surface area contributed by atoms with Gasteiger partial charge in [-0.15, -0.1) is 0 Å². The third-order valence-corrected chi connectivity index (χ3v) is 2.08. The highest BCUT2D eigenvalue weighted by Gasteiger charge is 2.52. The lowest BCUT2D eigenvalue weighted by molar-refractivity contribution is -0.129. The quantitative estimate of drug-likeness (QED) is 0.353. The fourth-order valence-corrected chi connectivity index (χ4v) is 1.11. The molecule has 0 unspecified atom stereocenters. The number of ether oxygens (including phenoxy) is 1. The van der Waals surface area contributed by atoms with Crippen LogP contribution in [0.3, 0.4) is 0 Å². The third-order valence-electron chi connectivity index (χ3n) is 2.08. The Hall–Kier alpha value is -0.200. The van der Waals surface area contributed by atoms with Gasteiger partial charge in [-0.1, -0.05) is 0 Å². The van der Waals surface area contributed by atoms with Crippen LogP contribution in [-0.2, 0) is 4.74 Å². The van der Waals surface area contributed by atoms with E-state index in [9.17, 15) is 5.11 Å². The van der Waals surface area contributed by atoms with Crippen molar-refractivity contribution >= 4 is 0 Å². The summed E-state index contributed by atoms with van der Waals surface area (Å²) in [5.41, 5.74) is -1.74. The van der Waals surface area contributed by atoms with Crippen molar-refractivity contribution in [3.05, 3.63) is 0 Å². The largest absolute Gasteiger partial charge is 0.393 e. The van der Waals surface area contributed by atoms with Gasteiger partial charge in [0, 0.05) is 0 Å². The van der Waals surface area contributed by atoms with Gasteiger partial charge in [-0.2, -0.15) is 0 Å². The van der Waals surface area contributed by atoms with Crippen molar-refractivity contribution < 1.29 is 25.2 Å². The van der Waals surface area contributed by atoms with E-state index in [0.717, 1.165) is 0 Å². The van der Waals surface area contributed by atoms with E-state index in [4.69, 9.17) is 15.3 Å². The Balaban J connectivity index is 2.78. The van der Waals surface area contributed by atoms with Crippen LogP contribution in [0, 0.1) is 0 Å². The molecule has 1 saturated heterocycles. The lowest BCUT2D eigenvalue weighted by atomic mass is 9.95. The van der Waals surface area contributed by atoms with Gasteiger partial charge in [0.2, 0.25) is 0 Å². The Morgan fingerprint density at radius 3 is 2.18 bits per heavy atom. The Morgan fingerprint density at radius 1 is 1.45 bits per heavy atom. The summed E-state index contributed by atoms with van der Waals surface area (Å²) in [7, 11) is 0. The molecule has 1 aliphatic heterocycles. The predicted octanol–water partition coefficient (Wildman–Crippen LogP) is -2.19. The van der Waals surface area contributed by atoms with E-state index in [1.165, 1.54) is 6.92 Å². The Bertz CT molecular complexity index is 150. The second-order valence-electron chi connectivity index (χ2n) is 2.76. The maximum Gasteiger partial charge on any atom is 0.184 e. The topological polar surface area (TPSA) is 90.2 Å². The first-order valence-corrected chi connectivity index (χ1v) is 3.37. The van der Waals surface area contributed by atoms with Crippen LogP contribution in [0.2, 0.25) is 0 Å². The van der Waals surface area contributed by atoms with E-state index in [0.29, 0.717) is 0 Å². The minimum Gasteiger partial charge on any atom is -0.393 e. The summed E-state index contributed by atoms with van der Waals surface area (Å²) in [6.07, 6.45) is -3.62. The van der Waals surface area contributed by atoms with Crippen LogP contribution in [0.5, 0.6) is 0 Å². The molecule has 1 fully saturated rings. The van der Waals surface area contributed by atoms with Crippen molar-refractivity contribution in [2.75, 3.05) is 6.61 Å². The lowest BCUT2D eigenvalue weighted by Crippen LogP contribution is -2.50. The van der Waals surface area contributed by atoms with Gasteiger partial charge in [-0.05, 0) is 6.92 Å². The zero-order valence-electron chi connectivity index (χ0n) is 6.14. The Labute approximate surface area is 63.8 Å². The van der Waals surface area contributed by atoms with Gasteiger partial charge in [0.25, 0.3) is 0 Å². The van der Waals surface area contributed by atoms with Crippen molar-refractivity contribution in [3.63, 3.8) is 0 Å². The molecule has 1 heterocycles. The number of hydrogen-bond donors (Lipinski definition) is 4. The van der Waals surface area contributed by atoms with Gasteiger partial charge in [0.1, 0.15) is 11.7 Å². The zero-order chi connectivity index (χ0) is 8.65. The standard InChI is InChI=1S/C6H12O5/c1-3-6(10,2-7)4(8)5(9)11-3/h3-5,7-10H,2H2,1H3/t3-,4-,5+,6+/m0/s1. The van der Waals surface area contributed by atoms with Crippen LogP contribution < -0.4 is 0 Å². The highest BCUT2D eigenvalue weighted by atomic mass is 16.6. The molecule has 4 atom stereocenters. The van der Waals surface area contributed by atoms with Crippen molar-refractivity contribution in [1.29, 1.82) is 0 Å². The maximum absolute atomic E-state index is 9.42. The van der Waals surface area contributed by atoms with Crippen LogP contribution in [0.25, 0.3) is 0 Å². The number of aliphatic hydroxyl groups excluding tert-OH is 3. The fraction of sp³-hybridized carbons (Fsp3) is 1.00. The molecule has 0 bridgehead atoms. The fourth-order valence-electron chi connectivity index (χ4n) is 1.11. The predicted molar refractivity (Wildman–Crippen MR) is 34.6 cm³/mol. The SMILES string of the molecule is C[C@@H]1O[C@@H](O)[C@H](O)[C@@]1(O)CO. The van der Waals surface area contributed by atoms with Crippen LogP contribution in [0.15, 0.2) is 0 Å². The van der Waals surface area contributed by atoms with Crippen LogP contribution >= 0.6 is 0 Å². The molecule has 0 saturated carbocycles. The number of hydrogen-bond acceptors (Lipinski definition) is 5. The maximum atomic E-state index is 9.42. The Kier molecular flexibility index (Phi) is 2.17. The van der Waals surface area contributed by atoms with Crippen LogP contribution in [-0.4, -0.2) is 51.1 Å². The first-order chi connectivity index (χ1) is 5.02. The number of rotatable bonds is 1. The molecule has 5 heteroatoms. The normalized spacial score (nSPS) is 51.5. The smallest absolute Gasteiger partial charge is 0.184 e. The summed E-state index contributed by atoms with van der Waals surface area (Å²) in [5, 5.41) is 36.1. The van der Waals surface area contributed by atoms with Gasteiger partial charge in [0.15, 0.2) is 6.29 Å². The van der Waals surface area contributed by atoms with E-state index < -0.39 is 30.7 Å². The van der Waals surface area contributed by atoms with E-state index >= 15 is 0 Å². The third kappa shape index (κ3) is 1.15. The molecule has 0 radical (unpaired) electrons. The Morgan fingerprint density at radius 2 is 2.00 bits per heavy atom. The average Bonchev–Trinajstić information content (AvgIpc) is 2.16. The monoisotopic (exact) mass is 164 g/mol. The molecule has 0 amide bonds. The van der Waals surface area contributed by atoms with Crippen molar-refractivity contribution in [3.8, 4) is 0 Å². The van der Waals surface area contributed by atoms with Gasteiger partial charge in [-0.3, -0.25) is 0 Å². The van der Waals surface area contributed by atoms with E-state index in [-0.39, 0.29) is 0 Å². The van der Waals surface area contributed by atoms with Crippen molar-refractivity contribution in [1.82, 2.24) is 0 Å². The molecule has 0 aliphatic carbocycles. The zero-order valence-corrected chi connectivity index (χ0v) is 6.14. The first kappa shape index (κ1) is 8.89. The second-order valence-corrected chi connectivity index (χ2v) is 2.76. The van der Waals surface area contributed by atoms with E-state index in [2.05, 4.69) is 4.74 Å². The summed E-state index contributed by atoms with van der Waals surface area (Å²) in [6.45, 7) is 0.835. The molecule has 5 nitrogen and oxygen atoms in total. The molecular formula is C6H12O5. The minimum absolute atomic E-state index is 0.633. The average molecular weight is 164 g/mol. The molecule has 1 rings (SSSR count). The summed E-state index contributed by atoms with van der Waals surface area (Å²) >= 11 is 0. The highest BCUT2D eigenvalue weighted by molar-refractivity contribution is 4.98. The van der Waals surface area contributed by atoms with Gasteiger partial charge < -0.3 is 25.2 Å². The molecular weight excluding hydrogens is 152 g/mol. The summed E-state index contributed by atoms with van der Waals surface area (Å²) < 4.78 is 4.68. The van der Waals surface area contributed by atoms with Gasteiger partial charge in [0.05, 0.1) is 12.7 Å². The molecule has 66 valence electrons. The van der Waals surface area contributed by atoms with Crippen LogP contribution in [0.4, 0.5) is 0 Å². The molecule has 0 aromatic rings. The van der Waals surface area contributed by atoms with E-state index in [1.807, 2.05) is 0 Å². The molecule has 1 aliphatic rings. The number of aliphatic hydroxyl groups is 4. The van der Waals surface area contributed by atoms with Gasteiger partial charge >= 0.3 is 0 Å².